The maximum absolute atomic E-state index is 14.5. The van der Waals surface area contributed by atoms with Crippen LogP contribution in [-0.2, 0) is 19.1 Å². The molecule has 3 amide bonds. The molecule has 43 heavy (non-hydrogen) atoms. The first-order valence-electron chi connectivity index (χ1n) is 16.0. The van der Waals surface area contributed by atoms with Crippen molar-refractivity contribution >= 4 is 23.4 Å². The molecule has 6 atom stereocenters. The first-order chi connectivity index (χ1) is 20.7. The van der Waals surface area contributed by atoms with E-state index in [2.05, 4.69) is 13.8 Å². The van der Waals surface area contributed by atoms with Crippen LogP contribution in [0.4, 0.5) is 5.69 Å². The molecule has 0 aliphatic carbocycles. The molecule has 9 nitrogen and oxygen atoms in total. The smallest absolute Gasteiger partial charge is 0.249 e. The minimum atomic E-state index is -1.25. The Kier molecular flexibility index (Phi) is 9.32. The Morgan fingerprint density at radius 2 is 1.67 bits per heavy atom. The number of hydrogen-bond acceptors (Lipinski definition) is 6. The zero-order valence-electron chi connectivity index (χ0n) is 26.0. The maximum atomic E-state index is 14.5. The number of hydrogen-bond donors (Lipinski definition) is 1. The molecule has 1 spiro atoms. The summed E-state index contributed by atoms with van der Waals surface area (Å²) >= 11 is 0. The van der Waals surface area contributed by atoms with Crippen LogP contribution in [0.25, 0.3) is 0 Å². The lowest BCUT2D eigenvalue weighted by molar-refractivity contribution is -0.152. The molecular weight excluding hydrogens is 546 g/mol. The van der Waals surface area contributed by atoms with Crippen LogP contribution in [0.1, 0.15) is 66.2 Å². The van der Waals surface area contributed by atoms with Gasteiger partial charge in [0.2, 0.25) is 17.7 Å². The molecule has 1 N–H and O–H groups in total. The Labute approximate surface area is 255 Å². The quantitative estimate of drug-likeness (QED) is 0.290. The van der Waals surface area contributed by atoms with Crippen LogP contribution in [0.5, 0.6) is 5.75 Å². The molecule has 1 aromatic carbocycles. The lowest BCUT2D eigenvalue weighted by atomic mass is 9.74. The van der Waals surface area contributed by atoms with Crippen molar-refractivity contribution in [2.45, 2.75) is 89.5 Å². The van der Waals surface area contributed by atoms with Crippen LogP contribution in [0.2, 0.25) is 0 Å². The number of benzene rings is 1. The summed E-state index contributed by atoms with van der Waals surface area (Å²) in [5.41, 5.74) is -1.59. The second-order valence-electron chi connectivity index (χ2n) is 12.5. The van der Waals surface area contributed by atoms with Crippen molar-refractivity contribution in [2.24, 2.45) is 11.8 Å². The van der Waals surface area contributed by atoms with Crippen LogP contribution >= 0.6 is 0 Å². The highest BCUT2D eigenvalue weighted by atomic mass is 16.5. The molecule has 0 saturated carbocycles. The summed E-state index contributed by atoms with van der Waals surface area (Å²) in [6, 6.07) is 6.60. The number of carbonyl (C=O) groups is 3. The van der Waals surface area contributed by atoms with Crippen molar-refractivity contribution in [3.8, 4) is 5.75 Å². The van der Waals surface area contributed by atoms with Crippen molar-refractivity contribution in [3.05, 3.63) is 48.6 Å². The normalized spacial score (nSPS) is 30.7. The Bertz CT molecular complexity index is 1250. The van der Waals surface area contributed by atoms with Gasteiger partial charge in [0.05, 0.1) is 24.0 Å². The van der Waals surface area contributed by atoms with Crippen molar-refractivity contribution < 1.29 is 29.0 Å². The van der Waals surface area contributed by atoms with Gasteiger partial charge in [-0.05, 0) is 64.3 Å². The van der Waals surface area contributed by atoms with E-state index in [0.29, 0.717) is 39.1 Å². The lowest BCUT2D eigenvalue weighted by Gasteiger charge is -2.38. The fourth-order valence-electron chi connectivity index (χ4n) is 7.62. The van der Waals surface area contributed by atoms with Gasteiger partial charge in [-0.15, -0.1) is 0 Å². The molecule has 1 aromatic rings. The number of ether oxygens (including phenoxy) is 2. The summed E-state index contributed by atoms with van der Waals surface area (Å²) in [6.07, 6.45) is 12.6. The Morgan fingerprint density at radius 3 is 2.37 bits per heavy atom. The number of carbonyl (C=O) groups excluding carboxylic acids is 3. The van der Waals surface area contributed by atoms with Gasteiger partial charge in [-0.25, -0.2) is 0 Å². The van der Waals surface area contributed by atoms with Gasteiger partial charge >= 0.3 is 0 Å². The summed E-state index contributed by atoms with van der Waals surface area (Å²) in [7, 11) is 0. The van der Waals surface area contributed by atoms with Crippen LogP contribution in [-0.4, -0.2) is 88.8 Å². The first-order valence-corrected chi connectivity index (χ1v) is 16.0. The van der Waals surface area contributed by atoms with Gasteiger partial charge in [0.1, 0.15) is 17.4 Å². The van der Waals surface area contributed by atoms with E-state index < -0.39 is 29.1 Å². The zero-order chi connectivity index (χ0) is 30.8. The van der Waals surface area contributed by atoms with Crippen molar-refractivity contribution in [1.29, 1.82) is 0 Å². The third-order valence-corrected chi connectivity index (χ3v) is 9.59. The Hall–Kier alpha value is -3.17. The number of amides is 3. The summed E-state index contributed by atoms with van der Waals surface area (Å²) < 4.78 is 12.6. The van der Waals surface area contributed by atoms with Crippen LogP contribution in [0.15, 0.2) is 48.6 Å². The molecule has 2 fully saturated rings. The average molecular weight is 594 g/mol. The molecule has 0 bridgehead atoms. The fourth-order valence-corrected chi connectivity index (χ4v) is 7.62. The number of rotatable bonds is 12. The van der Waals surface area contributed by atoms with Gasteiger partial charge in [-0.3, -0.25) is 14.4 Å². The molecular formula is C34H47N3O6. The average Bonchev–Trinajstić information content (AvgIpc) is 3.24. The fraction of sp³-hybridized carbons (Fsp3) is 0.618. The Morgan fingerprint density at radius 1 is 0.953 bits per heavy atom. The Balaban J connectivity index is 1.53. The second kappa shape index (κ2) is 12.8. The molecule has 234 valence electrons. The molecule has 4 heterocycles. The van der Waals surface area contributed by atoms with E-state index in [1.807, 2.05) is 67.3 Å². The summed E-state index contributed by atoms with van der Waals surface area (Å²) in [5.74, 6) is -1.40. The minimum absolute atomic E-state index is 0.0111. The highest BCUT2D eigenvalue weighted by Crippen LogP contribution is 2.57. The topological polar surface area (TPSA) is 99.6 Å². The van der Waals surface area contributed by atoms with Gasteiger partial charge in [0.15, 0.2) is 0 Å². The molecule has 4 aliphatic rings. The van der Waals surface area contributed by atoms with Crippen molar-refractivity contribution in [3.63, 3.8) is 0 Å². The van der Waals surface area contributed by atoms with Gasteiger partial charge in [0.25, 0.3) is 0 Å². The largest absolute Gasteiger partial charge is 0.494 e. The number of nitrogens with zero attached hydrogens (tertiary/aromatic N) is 3. The third kappa shape index (κ3) is 5.50. The SMILES string of the molecule is CCCC(C)N1CC=C[C@]23O[C@]4(C)C=CCN(c5ccc(OCC)cc5)C(=O)[C@@H]4[C@H]2C(=O)N(CCCCCCO)C3C1=O. The lowest BCUT2D eigenvalue weighted by Crippen LogP contribution is -2.57. The summed E-state index contributed by atoms with van der Waals surface area (Å²) in [4.78, 5) is 48.8. The van der Waals surface area contributed by atoms with E-state index in [1.165, 1.54) is 0 Å². The maximum Gasteiger partial charge on any atom is 0.249 e. The van der Waals surface area contributed by atoms with E-state index >= 15 is 0 Å². The molecule has 0 aromatic heterocycles. The van der Waals surface area contributed by atoms with E-state index in [-0.39, 0.29) is 30.4 Å². The minimum Gasteiger partial charge on any atom is -0.494 e. The van der Waals surface area contributed by atoms with E-state index in [0.717, 1.165) is 37.1 Å². The first kappa shape index (κ1) is 31.3. The second-order valence-corrected chi connectivity index (χ2v) is 12.5. The van der Waals surface area contributed by atoms with E-state index in [9.17, 15) is 19.5 Å². The highest BCUT2D eigenvalue weighted by Gasteiger charge is 2.74. The number of aliphatic hydroxyl groups excluding tert-OH is 1. The van der Waals surface area contributed by atoms with Crippen LogP contribution in [0, 0.1) is 11.8 Å². The number of anilines is 1. The number of likely N-dealkylation sites (tertiary alicyclic amines) is 1. The van der Waals surface area contributed by atoms with Crippen molar-refractivity contribution in [1.82, 2.24) is 9.80 Å². The predicted molar refractivity (Wildman–Crippen MR) is 165 cm³/mol. The molecule has 0 radical (unpaired) electrons. The van der Waals surface area contributed by atoms with Gasteiger partial charge in [0, 0.05) is 38.0 Å². The summed E-state index contributed by atoms with van der Waals surface area (Å²) in [5, 5.41) is 9.21. The van der Waals surface area contributed by atoms with Crippen LogP contribution < -0.4 is 9.64 Å². The van der Waals surface area contributed by atoms with Gasteiger partial charge in [-0.2, -0.15) is 0 Å². The third-order valence-electron chi connectivity index (χ3n) is 9.59. The molecule has 2 saturated heterocycles. The number of fused-ring (bicyclic) bond motifs is 2. The van der Waals surface area contributed by atoms with E-state index in [1.54, 1.807) is 9.80 Å². The van der Waals surface area contributed by atoms with Crippen molar-refractivity contribution in [2.75, 3.05) is 37.7 Å². The van der Waals surface area contributed by atoms with Gasteiger partial charge in [-0.1, -0.05) is 50.5 Å². The standard InChI is InChI=1S/C34H47N3O6/c1-5-13-24(3)35-21-12-19-34-28(31(40)37(29(34)32(35)41)20-9-7-8-10-23-38)27-30(39)36(22-11-18-33(27,4)43-34)25-14-16-26(17-15-25)42-6-2/h11-12,14-19,24,27-29,38H,5-10,13,20-23H2,1-4H3/t24?,27-,28-,29?,33+,34-/m0/s1. The monoisotopic (exact) mass is 593 g/mol. The molecule has 2 unspecified atom stereocenters. The van der Waals surface area contributed by atoms with E-state index in [4.69, 9.17) is 9.47 Å². The molecule has 5 rings (SSSR count). The zero-order valence-corrected chi connectivity index (χ0v) is 26.0. The van der Waals surface area contributed by atoms with Gasteiger partial charge < -0.3 is 29.3 Å². The number of aliphatic hydroxyl groups is 1. The summed E-state index contributed by atoms with van der Waals surface area (Å²) in [6.45, 7) is 9.85. The predicted octanol–water partition coefficient (Wildman–Crippen LogP) is 4.10. The highest BCUT2D eigenvalue weighted by molar-refractivity contribution is 6.04. The molecule has 9 heteroatoms. The van der Waals surface area contributed by atoms with Crippen LogP contribution in [0.3, 0.4) is 0 Å². The molecule has 4 aliphatic heterocycles. The number of unbranched alkanes of at least 4 members (excludes halogenated alkanes) is 3.